The number of aromatic nitrogens is 2. The molecule has 0 unspecified atom stereocenters. The van der Waals surface area contributed by atoms with Gasteiger partial charge in [-0.1, -0.05) is 0 Å². The van der Waals surface area contributed by atoms with Crippen molar-refractivity contribution in [2.45, 2.75) is 18.8 Å². The lowest BCUT2D eigenvalue weighted by molar-refractivity contribution is -0.383. The molecular weight excluding hydrogens is 422 g/mol. The van der Waals surface area contributed by atoms with Crippen LogP contribution >= 0.6 is 0 Å². The number of nitro groups is 1. The van der Waals surface area contributed by atoms with Crippen LogP contribution in [0.2, 0.25) is 0 Å². The molecule has 0 bridgehead atoms. The van der Waals surface area contributed by atoms with E-state index in [1.807, 2.05) is 0 Å². The number of amides is 1. The van der Waals surface area contributed by atoms with E-state index in [1.54, 1.807) is 0 Å². The van der Waals surface area contributed by atoms with E-state index in [0.717, 1.165) is 25.0 Å². The van der Waals surface area contributed by atoms with Crippen molar-refractivity contribution in [3.8, 4) is 0 Å². The maximum Gasteiger partial charge on any atom is 0.300 e. The van der Waals surface area contributed by atoms with Gasteiger partial charge < -0.3 is 0 Å². The van der Waals surface area contributed by atoms with Crippen molar-refractivity contribution in [2.24, 2.45) is 0 Å². The van der Waals surface area contributed by atoms with Crippen molar-refractivity contribution in [1.29, 1.82) is 0 Å². The first-order valence-electron chi connectivity index (χ1n) is 9.73. The Morgan fingerprint density at radius 1 is 0.969 bits per heavy atom. The highest BCUT2D eigenvalue weighted by Crippen LogP contribution is 2.47. The lowest BCUT2D eigenvalue weighted by Crippen LogP contribution is -2.27. The highest BCUT2D eigenvalue weighted by Gasteiger charge is 2.33. The molecule has 3 aromatic carbocycles. The molecule has 8 nitrogen and oxygen atoms in total. The molecule has 1 aliphatic rings. The summed E-state index contributed by atoms with van der Waals surface area (Å²) in [4.78, 5) is 25.7. The molecule has 1 amide bonds. The summed E-state index contributed by atoms with van der Waals surface area (Å²) in [6.07, 6.45) is 1.69. The van der Waals surface area contributed by atoms with Crippen LogP contribution in [-0.4, -0.2) is 21.1 Å². The van der Waals surface area contributed by atoms with Crippen molar-refractivity contribution < 1.29 is 23.1 Å². The van der Waals surface area contributed by atoms with Crippen LogP contribution in [0.15, 0.2) is 59.2 Å². The number of hydrogen-bond donors (Lipinski definition) is 0. The third-order valence-electron chi connectivity index (χ3n) is 5.35. The molecule has 5 rings (SSSR count). The average molecular weight is 436 g/mol. The van der Waals surface area contributed by atoms with Gasteiger partial charge in [0.1, 0.15) is 11.6 Å². The van der Waals surface area contributed by atoms with Crippen molar-refractivity contribution in [2.75, 3.05) is 4.90 Å². The number of anilines is 2. The lowest BCUT2D eigenvalue weighted by atomic mass is 10.0. The molecule has 0 N–H and O–H groups in total. The smallest absolute Gasteiger partial charge is 0.274 e. The molecule has 1 aliphatic carbocycles. The molecule has 10 heteroatoms. The summed E-state index contributed by atoms with van der Waals surface area (Å²) in [7, 11) is 0. The normalized spacial score (nSPS) is 13.3. The molecule has 4 aromatic rings. The topological polar surface area (TPSA) is 102 Å². The molecule has 160 valence electrons. The average Bonchev–Trinajstić information content (AvgIpc) is 3.51. The van der Waals surface area contributed by atoms with Gasteiger partial charge in [-0.3, -0.25) is 19.8 Å². The van der Waals surface area contributed by atoms with Crippen molar-refractivity contribution in [3.05, 3.63) is 87.5 Å². The number of nitro benzene ring substituents is 1. The molecule has 1 aromatic heterocycles. The van der Waals surface area contributed by atoms with E-state index in [-0.39, 0.29) is 33.9 Å². The van der Waals surface area contributed by atoms with Crippen LogP contribution in [0.5, 0.6) is 0 Å². The minimum atomic E-state index is -0.629. The number of rotatable bonds is 5. The number of non-ortho nitro benzene ring substituents is 1. The fourth-order valence-corrected chi connectivity index (χ4v) is 3.69. The molecule has 32 heavy (non-hydrogen) atoms. The maximum atomic E-state index is 14.1. The zero-order valence-corrected chi connectivity index (χ0v) is 16.4. The quantitative estimate of drug-likeness (QED) is 0.312. The minimum Gasteiger partial charge on any atom is -0.274 e. The number of benzene rings is 3. The van der Waals surface area contributed by atoms with Crippen LogP contribution in [-0.2, 0) is 0 Å². The standard InChI is InChI=1S/C22H14F2N4O4/c23-14-5-3-13(4-6-14)22(29)27(17-8-7-15(24)11-16(17)12-1-2-12)18-9-10-19(28(30)31)21-20(18)25-32-26-21/h3-12H,1-2H2. The zero-order valence-electron chi connectivity index (χ0n) is 16.4. The third kappa shape index (κ3) is 3.35. The molecule has 1 fully saturated rings. The SMILES string of the molecule is O=C(c1ccc(F)cc1)N(c1ccc(F)cc1C1CC1)c1ccc([N+](=O)[O-])c2nonc12. The number of halogens is 2. The van der Waals surface area contributed by atoms with Crippen molar-refractivity contribution >= 4 is 34.0 Å². The van der Waals surface area contributed by atoms with Crippen LogP contribution in [0, 0.1) is 21.7 Å². The fraction of sp³-hybridized carbons (Fsp3) is 0.136. The molecule has 0 spiro atoms. The minimum absolute atomic E-state index is 0.000679. The first kappa shape index (κ1) is 19.7. The molecular formula is C22H14F2N4O4. The lowest BCUT2D eigenvalue weighted by Gasteiger charge is -2.25. The van der Waals surface area contributed by atoms with Crippen LogP contribution in [0.4, 0.5) is 25.8 Å². The first-order chi connectivity index (χ1) is 15.4. The number of fused-ring (bicyclic) bond motifs is 1. The van der Waals surface area contributed by atoms with E-state index in [2.05, 4.69) is 10.3 Å². The van der Waals surface area contributed by atoms with Crippen molar-refractivity contribution in [1.82, 2.24) is 10.3 Å². The van der Waals surface area contributed by atoms with Gasteiger partial charge in [0.25, 0.3) is 5.91 Å². The van der Waals surface area contributed by atoms with Gasteiger partial charge in [-0.2, -0.15) is 0 Å². The van der Waals surface area contributed by atoms with Gasteiger partial charge >= 0.3 is 5.69 Å². The molecule has 1 heterocycles. The number of nitrogens with zero attached hydrogens (tertiary/aromatic N) is 4. The number of hydrogen-bond acceptors (Lipinski definition) is 6. The van der Waals surface area contributed by atoms with Crippen LogP contribution in [0.3, 0.4) is 0 Å². The second-order valence-corrected chi connectivity index (χ2v) is 7.45. The Morgan fingerprint density at radius 2 is 1.62 bits per heavy atom. The Labute approximate surface area is 179 Å². The molecule has 0 atom stereocenters. The highest BCUT2D eigenvalue weighted by molar-refractivity contribution is 6.15. The third-order valence-corrected chi connectivity index (χ3v) is 5.35. The Hall–Kier alpha value is -4.21. The van der Waals surface area contributed by atoms with E-state index in [9.17, 15) is 23.7 Å². The summed E-state index contributed by atoms with van der Waals surface area (Å²) in [5.41, 5.74) is 0.917. The van der Waals surface area contributed by atoms with E-state index in [1.165, 1.54) is 47.4 Å². The maximum absolute atomic E-state index is 14.1. The van der Waals surface area contributed by atoms with Gasteiger partial charge in [0.2, 0.25) is 5.52 Å². The van der Waals surface area contributed by atoms with Crippen LogP contribution in [0.25, 0.3) is 11.0 Å². The first-order valence-corrected chi connectivity index (χ1v) is 9.73. The van der Waals surface area contributed by atoms with E-state index < -0.39 is 22.5 Å². The number of carbonyl (C=O) groups excluding carboxylic acids is 1. The van der Waals surface area contributed by atoms with Gasteiger partial charge in [-0.15, -0.1) is 0 Å². The molecule has 0 radical (unpaired) electrons. The monoisotopic (exact) mass is 436 g/mol. The largest absolute Gasteiger partial charge is 0.300 e. The fourth-order valence-electron chi connectivity index (χ4n) is 3.69. The Morgan fingerprint density at radius 3 is 2.31 bits per heavy atom. The Kier molecular flexibility index (Phi) is 4.62. The number of carbonyl (C=O) groups is 1. The van der Waals surface area contributed by atoms with Gasteiger partial charge in [0.05, 0.1) is 16.3 Å². The summed E-state index contributed by atoms with van der Waals surface area (Å²) in [6, 6.07) is 11.6. The predicted molar refractivity (Wildman–Crippen MR) is 110 cm³/mol. The molecule has 1 saturated carbocycles. The zero-order chi connectivity index (χ0) is 22.4. The van der Waals surface area contributed by atoms with Crippen LogP contribution < -0.4 is 4.90 Å². The summed E-state index contributed by atoms with van der Waals surface area (Å²) in [5, 5.41) is 18.8. The Bertz CT molecular complexity index is 1370. The van der Waals surface area contributed by atoms with Gasteiger partial charge in [0.15, 0.2) is 5.52 Å². The highest BCUT2D eigenvalue weighted by atomic mass is 19.1. The van der Waals surface area contributed by atoms with E-state index >= 15 is 0 Å². The van der Waals surface area contributed by atoms with Gasteiger partial charge in [-0.05, 0) is 83.2 Å². The molecule has 0 aliphatic heterocycles. The summed E-state index contributed by atoms with van der Waals surface area (Å²) in [6.45, 7) is 0. The summed E-state index contributed by atoms with van der Waals surface area (Å²) >= 11 is 0. The second-order valence-electron chi connectivity index (χ2n) is 7.45. The van der Waals surface area contributed by atoms with Crippen LogP contribution in [0.1, 0.15) is 34.7 Å². The molecule has 0 saturated heterocycles. The Balaban J connectivity index is 1.75. The second kappa shape index (κ2) is 7.49. The predicted octanol–water partition coefficient (Wildman–Crippen LogP) is 5.27. The summed E-state index contributed by atoms with van der Waals surface area (Å²) in [5.74, 6) is -1.42. The van der Waals surface area contributed by atoms with Crippen molar-refractivity contribution in [3.63, 3.8) is 0 Å². The van der Waals surface area contributed by atoms with Gasteiger partial charge in [0, 0.05) is 11.6 Å². The van der Waals surface area contributed by atoms with Gasteiger partial charge in [-0.25, -0.2) is 13.4 Å². The van der Waals surface area contributed by atoms with E-state index in [4.69, 9.17) is 4.63 Å². The summed E-state index contributed by atoms with van der Waals surface area (Å²) < 4.78 is 32.2. The van der Waals surface area contributed by atoms with E-state index in [0.29, 0.717) is 11.3 Å².